The van der Waals surface area contributed by atoms with Crippen LogP contribution in [0.5, 0.6) is 0 Å². The summed E-state index contributed by atoms with van der Waals surface area (Å²) < 4.78 is 27.3. The van der Waals surface area contributed by atoms with Crippen molar-refractivity contribution in [3.8, 4) is 6.07 Å². The van der Waals surface area contributed by atoms with Crippen molar-refractivity contribution in [1.29, 1.82) is 5.26 Å². The molecule has 0 amide bonds. The molecule has 38 heavy (non-hydrogen) atoms. The lowest BCUT2D eigenvalue weighted by Crippen LogP contribution is -2.35. The Morgan fingerprint density at radius 2 is 1.45 bits per heavy atom. The zero-order chi connectivity index (χ0) is 26.5. The van der Waals surface area contributed by atoms with E-state index in [0.717, 1.165) is 87.3 Å². The van der Waals surface area contributed by atoms with Crippen molar-refractivity contribution >= 4 is 5.69 Å². The summed E-state index contributed by atoms with van der Waals surface area (Å²) in [6, 6.07) is 22.2. The number of nitrogens with zero attached hydrogens (tertiary/aromatic N) is 4. The fourth-order valence-electron chi connectivity index (χ4n) is 6.08. The Kier molecular flexibility index (Phi) is 8.36. The molecule has 0 bridgehead atoms. The molecule has 0 radical (unpaired) electrons. The molecular formula is C32H36F2N4. The van der Waals surface area contributed by atoms with Crippen molar-refractivity contribution in [3.05, 3.63) is 101 Å². The van der Waals surface area contributed by atoms with E-state index in [2.05, 4.69) is 39.9 Å². The van der Waals surface area contributed by atoms with E-state index in [0.29, 0.717) is 5.92 Å². The Balaban J connectivity index is 1.29. The molecule has 0 aromatic heterocycles. The van der Waals surface area contributed by atoms with E-state index in [1.165, 1.54) is 30.0 Å². The number of piperidine rings is 1. The number of rotatable bonds is 6. The quantitative estimate of drug-likeness (QED) is 0.403. The third kappa shape index (κ3) is 6.23. The van der Waals surface area contributed by atoms with Crippen LogP contribution in [0, 0.1) is 28.9 Å². The molecule has 0 N–H and O–H groups in total. The van der Waals surface area contributed by atoms with Crippen LogP contribution in [0.15, 0.2) is 66.7 Å². The molecule has 2 aliphatic heterocycles. The second kappa shape index (κ2) is 12.1. The van der Waals surface area contributed by atoms with E-state index in [1.807, 2.05) is 30.3 Å². The Morgan fingerprint density at radius 3 is 2.05 bits per heavy atom. The summed E-state index contributed by atoms with van der Waals surface area (Å²) in [5.41, 5.74) is 5.18. The molecular weight excluding hydrogens is 478 g/mol. The minimum Gasteiger partial charge on any atom is -0.370 e. The van der Waals surface area contributed by atoms with Crippen molar-refractivity contribution in [2.45, 2.75) is 31.7 Å². The van der Waals surface area contributed by atoms with Crippen LogP contribution in [0.25, 0.3) is 0 Å². The molecule has 0 atom stereocenters. The van der Waals surface area contributed by atoms with Gasteiger partial charge in [0.1, 0.15) is 11.6 Å². The first kappa shape index (κ1) is 26.3. The van der Waals surface area contributed by atoms with Gasteiger partial charge < -0.3 is 9.80 Å². The van der Waals surface area contributed by atoms with Crippen molar-refractivity contribution in [1.82, 2.24) is 9.80 Å². The van der Waals surface area contributed by atoms with Crippen molar-refractivity contribution < 1.29 is 8.78 Å². The van der Waals surface area contributed by atoms with Crippen LogP contribution >= 0.6 is 0 Å². The zero-order valence-corrected chi connectivity index (χ0v) is 22.1. The number of likely N-dealkylation sites (N-methyl/N-ethyl adjacent to an activating group) is 1. The molecule has 2 aliphatic rings. The maximum absolute atomic E-state index is 13.7. The smallest absolute Gasteiger partial charge is 0.123 e. The molecule has 0 saturated carbocycles. The molecule has 0 unspecified atom stereocenters. The van der Waals surface area contributed by atoms with Gasteiger partial charge in [0.05, 0.1) is 11.6 Å². The maximum atomic E-state index is 13.7. The van der Waals surface area contributed by atoms with Crippen molar-refractivity contribution in [3.63, 3.8) is 0 Å². The van der Waals surface area contributed by atoms with Crippen LogP contribution in [0.4, 0.5) is 14.5 Å². The van der Waals surface area contributed by atoms with Gasteiger partial charge in [-0.25, -0.2) is 8.78 Å². The highest BCUT2D eigenvalue weighted by Crippen LogP contribution is 2.38. The number of halogens is 2. The fourth-order valence-corrected chi connectivity index (χ4v) is 6.08. The zero-order valence-electron chi connectivity index (χ0n) is 22.1. The molecule has 198 valence electrons. The summed E-state index contributed by atoms with van der Waals surface area (Å²) in [6.45, 7) is 6.81. The summed E-state index contributed by atoms with van der Waals surface area (Å²) in [7, 11) is 2.17. The highest BCUT2D eigenvalue weighted by Gasteiger charge is 2.29. The van der Waals surface area contributed by atoms with Gasteiger partial charge in [-0.15, -0.1) is 0 Å². The molecule has 2 fully saturated rings. The Morgan fingerprint density at radius 1 is 0.816 bits per heavy atom. The fraction of sp³-hybridized carbons (Fsp3) is 0.406. The second-order valence-corrected chi connectivity index (χ2v) is 10.8. The first-order valence-electron chi connectivity index (χ1n) is 13.7. The first-order chi connectivity index (χ1) is 18.5. The van der Waals surface area contributed by atoms with E-state index >= 15 is 0 Å². The SMILES string of the molecule is CN1CCCN(c2ccc(C#N)c(CN3CCC(C(c4ccc(F)cc4)c4ccc(F)cc4)CC3)c2)CC1. The number of nitriles is 1. The second-order valence-electron chi connectivity index (χ2n) is 10.8. The van der Waals surface area contributed by atoms with Gasteiger partial charge in [0.2, 0.25) is 0 Å². The van der Waals surface area contributed by atoms with Gasteiger partial charge in [-0.1, -0.05) is 24.3 Å². The molecule has 5 rings (SSSR count). The van der Waals surface area contributed by atoms with Gasteiger partial charge in [-0.05, 0) is 111 Å². The van der Waals surface area contributed by atoms with Gasteiger partial charge in [-0.2, -0.15) is 5.26 Å². The summed E-state index contributed by atoms with van der Waals surface area (Å²) in [4.78, 5) is 7.26. The largest absolute Gasteiger partial charge is 0.370 e. The normalized spacial score (nSPS) is 17.9. The predicted molar refractivity (Wildman–Crippen MR) is 148 cm³/mol. The highest BCUT2D eigenvalue weighted by molar-refractivity contribution is 5.54. The van der Waals surface area contributed by atoms with E-state index in [1.54, 1.807) is 0 Å². The Hall–Kier alpha value is -3.27. The van der Waals surface area contributed by atoms with Gasteiger partial charge in [0.15, 0.2) is 0 Å². The van der Waals surface area contributed by atoms with Crippen LogP contribution < -0.4 is 4.90 Å². The van der Waals surface area contributed by atoms with Gasteiger partial charge in [-0.3, -0.25) is 4.90 Å². The van der Waals surface area contributed by atoms with Crippen molar-refractivity contribution in [2.24, 2.45) is 5.92 Å². The topological polar surface area (TPSA) is 33.5 Å². The standard InChI is InChI=1S/C32H36F2N4/c1-36-15-2-16-38(20-19-36)31-12-7-27(22-35)28(21-31)23-37-17-13-26(14-18-37)32(24-3-8-29(33)9-4-24)25-5-10-30(34)11-6-25/h3-12,21,26,32H,2,13-20,23H2,1H3. The molecule has 4 nitrogen and oxygen atoms in total. The Bertz CT molecular complexity index is 1200. The van der Waals surface area contributed by atoms with Crippen LogP contribution in [-0.4, -0.2) is 56.1 Å². The van der Waals surface area contributed by atoms with Crippen LogP contribution in [0.1, 0.15) is 47.4 Å². The van der Waals surface area contributed by atoms with Crippen molar-refractivity contribution in [2.75, 3.05) is 51.2 Å². The van der Waals surface area contributed by atoms with E-state index < -0.39 is 0 Å². The number of anilines is 1. The molecule has 6 heteroatoms. The third-order valence-electron chi connectivity index (χ3n) is 8.25. The third-order valence-corrected chi connectivity index (χ3v) is 8.25. The molecule has 2 heterocycles. The molecule has 3 aromatic rings. The van der Waals surface area contributed by atoms with Crippen LogP contribution in [0.3, 0.4) is 0 Å². The van der Waals surface area contributed by atoms with Gasteiger partial charge in [0.25, 0.3) is 0 Å². The number of likely N-dealkylation sites (tertiary alicyclic amines) is 1. The molecule has 0 spiro atoms. The number of benzene rings is 3. The predicted octanol–water partition coefficient (Wildman–Crippen LogP) is 6.02. The van der Waals surface area contributed by atoms with E-state index in [4.69, 9.17) is 0 Å². The summed E-state index contributed by atoms with van der Waals surface area (Å²) in [5, 5.41) is 9.79. The highest BCUT2D eigenvalue weighted by atomic mass is 19.1. The monoisotopic (exact) mass is 514 g/mol. The lowest BCUT2D eigenvalue weighted by molar-refractivity contribution is 0.168. The maximum Gasteiger partial charge on any atom is 0.123 e. The molecule has 3 aromatic carbocycles. The van der Waals surface area contributed by atoms with Gasteiger partial charge >= 0.3 is 0 Å². The lowest BCUT2D eigenvalue weighted by atomic mass is 9.76. The summed E-state index contributed by atoms with van der Waals surface area (Å²) in [5.74, 6) is -0.0242. The minimum absolute atomic E-state index is 0.0949. The average Bonchev–Trinajstić information content (AvgIpc) is 3.16. The van der Waals surface area contributed by atoms with E-state index in [9.17, 15) is 14.0 Å². The number of hydrogen-bond donors (Lipinski definition) is 0. The summed E-state index contributed by atoms with van der Waals surface area (Å²) in [6.07, 6.45) is 3.11. The van der Waals surface area contributed by atoms with E-state index in [-0.39, 0.29) is 17.6 Å². The van der Waals surface area contributed by atoms with Crippen LogP contribution in [-0.2, 0) is 6.54 Å². The first-order valence-corrected chi connectivity index (χ1v) is 13.7. The Labute approximate surface area is 225 Å². The summed E-state index contributed by atoms with van der Waals surface area (Å²) >= 11 is 0. The molecule has 2 saturated heterocycles. The molecule has 0 aliphatic carbocycles. The number of hydrogen-bond acceptors (Lipinski definition) is 4. The van der Waals surface area contributed by atoms with Gasteiger partial charge in [0, 0.05) is 37.8 Å². The van der Waals surface area contributed by atoms with Crippen LogP contribution in [0.2, 0.25) is 0 Å². The average molecular weight is 515 g/mol. The minimum atomic E-state index is -0.246. The lowest BCUT2D eigenvalue weighted by Gasteiger charge is -2.37.